The Morgan fingerprint density at radius 2 is 1.55 bits per heavy atom. The third-order valence-corrected chi connectivity index (χ3v) is 5.05. The molecule has 20 heavy (non-hydrogen) atoms. The molecule has 0 radical (unpaired) electrons. The SMILES string of the molecule is Cc1cc(Br)c(F)cc1Br.FCc1ccc(Br)cc1Br. The van der Waals surface area contributed by atoms with Gasteiger partial charge in [-0.15, -0.1) is 0 Å². The zero-order chi connectivity index (χ0) is 15.3. The van der Waals surface area contributed by atoms with Gasteiger partial charge >= 0.3 is 0 Å². The lowest BCUT2D eigenvalue weighted by Crippen LogP contribution is -1.80. The third-order valence-electron chi connectivity index (χ3n) is 2.36. The lowest BCUT2D eigenvalue weighted by Gasteiger charge is -1.98. The first kappa shape index (κ1) is 18.3. The Bertz CT molecular complexity index is 550. The van der Waals surface area contributed by atoms with Crippen molar-refractivity contribution in [3.63, 3.8) is 0 Å². The van der Waals surface area contributed by atoms with Gasteiger partial charge in [-0.05, 0) is 58.2 Å². The first-order valence-electron chi connectivity index (χ1n) is 5.46. The van der Waals surface area contributed by atoms with Crippen molar-refractivity contribution < 1.29 is 8.78 Å². The molecule has 108 valence electrons. The van der Waals surface area contributed by atoms with Crippen LogP contribution in [-0.2, 0) is 6.67 Å². The summed E-state index contributed by atoms with van der Waals surface area (Å²) in [6, 6.07) is 8.57. The molecule has 0 aliphatic rings. The van der Waals surface area contributed by atoms with Crippen LogP contribution in [0.5, 0.6) is 0 Å². The Hall–Kier alpha value is 0.220. The lowest BCUT2D eigenvalue weighted by atomic mass is 10.2. The van der Waals surface area contributed by atoms with Crippen LogP contribution in [0.2, 0.25) is 0 Å². The minimum absolute atomic E-state index is 0.238. The molecule has 0 aliphatic carbocycles. The van der Waals surface area contributed by atoms with Crippen molar-refractivity contribution in [2.75, 3.05) is 0 Å². The smallest absolute Gasteiger partial charge is 0.138 e. The number of alkyl halides is 1. The molecular weight excluding hydrogens is 526 g/mol. The molecule has 0 aromatic heterocycles. The highest BCUT2D eigenvalue weighted by Gasteiger charge is 2.01. The van der Waals surface area contributed by atoms with Gasteiger partial charge in [-0.1, -0.05) is 53.9 Å². The van der Waals surface area contributed by atoms with Gasteiger partial charge in [0.05, 0.1) is 4.47 Å². The van der Waals surface area contributed by atoms with Crippen molar-refractivity contribution in [2.24, 2.45) is 0 Å². The Morgan fingerprint density at radius 3 is 2.05 bits per heavy atom. The maximum atomic E-state index is 12.7. The molecule has 2 aromatic rings. The topological polar surface area (TPSA) is 0 Å². The number of rotatable bonds is 1. The zero-order valence-electron chi connectivity index (χ0n) is 10.4. The van der Waals surface area contributed by atoms with Crippen LogP contribution in [0.1, 0.15) is 11.1 Å². The summed E-state index contributed by atoms with van der Waals surface area (Å²) in [7, 11) is 0. The minimum Gasteiger partial charge on any atom is -0.246 e. The molecule has 0 aliphatic heterocycles. The first-order valence-corrected chi connectivity index (χ1v) is 8.63. The largest absolute Gasteiger partial charge is 0.246 e. The summed E-state index contributed by atoms with van der Waals surface area (Å²) in [6.45, 7) is 1.49. The van der Waals surface area contributed by atoms with E-state index in [1.54, 1.807) is 12.1 Å². The van der Waals surface area contributed by atoms with Crippen LogP contribution in [0.15, 0.2) is 48.2 Å². The highest BCUT2D eigenvalue weighted by molar-refractivity contribution is 9.11. The van der Waals surface area contributed by atoms with Gasteiger partial charge in [-0.25, -0.2) is 8.78 Å². The van der Waals surface area contributed by atoms with Crippen LogP contribution in [0.3, 0.4) is 0 Å². The number of halogens is 6. The molecule has 0 atom stereocenters. The van der Waals surface area contributed by atoms with Gasteiger partial charge in [0.15, 0.2) is 0 Å². The van der Waals surface area contributed by atoms with Crippen molar-refractivity contribution in [1.82, 2.24) is 0 Å². The van der Waals surface area contributed by atoms with Crippen LogP contribution >= 0.6 is 63.7 Å². The summed E-state index contributed by atoms with van der Waals surface area (Å²) in [6.07, 6.45) is 0. The molecule has 0 saturated carbocycles. The van der Waals surface area contributed by atoms with Crippen LogP contribution in [-0.4, -0.2) is 0 Å². The van der Waals surface area contributed by atoms with Crippen LogP contribution in [0.4, 0.5) is 8.78 Å². The maximum absolute atomic E-state index is 12.7. The van der Waals surface area contributed by atoms with E-state index in [0.29, 0.717) is 10.0 Å². The van der Waals surface area contributed by atoms with E-state index >= 15 is 0 Å². The van der Waals surface area contributed by atoms with E-state index in [0.717, 1.165) is 19.0 Å². The summed E-state index contributed by atoms with van der Waals surface area (Å²) in [5.74, 6) is -0.238. The molecule has 0 spiro atoms. The molecule has 0 amide bonds. The van der Waals surface area contributed by atoms with E-state index < -0.39 is 6.67 Å². The van der Waals surface area contributed by atoms with Crippen molar-refractivity contribution >= 4 is 63.7 Å². The van der Waals surface area contributed by atoms with Crippen molar-refractivity contribution in [3.05, 3.63) is 65.2 Å². The van der Waals surface area contributed by atoms with Gasteiger partial charge in [0.25, 0.3) is 0 Å². The van der Waals surface area contributed by atoms with E-state index in [1.807, 2.05) is 19.1 Å². The Balaban J connectivity index is 0.000000200. The molecule has 6 heteroatoms. The van der Waals surface area contributed by atoms with E-state index in [2.05, 4.69) is 63.7 Å². The fourth-order valence-corrected chi connectivity index (χ4v) is 3.18. The predicted molar refractivity (Wildman–Crippen MR) is 93.2 cm³/mol. The lowest BCUT2D eigenvalue weighted by molar-refractivity contribution is 0.484. The number of hydrogen-bond donors (Lipinski definition) is 0. The van der Waals surface area contributed by atoms with E-state index in [-0.39, 0.29) is 5.82 Å². The second kappa shape index (κ2) is 8.61. The zero-order valence-corrected chi connectivity index (χ0v) is 16.7. The number of benzene rings is 2. The fourth-order valence-electron chi connectivity index (χ4n) is 1.25. The molecule has 0 unspecified atom stereocenters. The van der Waals surface area contributed by atoms with Crippen LogP contribution < -0.4 is 0 Å². The molecule has 0 nitrogen and oxygen atoms in total. The average Bonchev–Trinajstić information content (AvgIpc) is 2.37. The standard InChI is InChI=1S/2C7H5Br2F/c1-4-2-6(9)7(10)3-5(4)8;8-6-2-1-5(4-10)7(9)3-6/h2-3H,1H3;1-3H,4H2. The molecule has 0 fully saturated rings. The monoisotopic (exact) mass is 532 g/mol. The van der Waals surface area contributed by atoms with Crippen LogP contribution in [0.25, 0.3) is 0 Å². The average molecular weight is 536 g/mol. The number of hydrogen-bond acceptors (Lipinski definition) is 0. The molecule has 0 N–H and O–H groups in total. The highest BCUT2D eigenvalue weighted by atomic mass is 79.9. The Kier molecular flexibility index (Phi) is 7.87. The van der Waals surface area contributed by atoms with Gasteiger partial charge in [0.1, 0.15) is 12.5 Å². The van der Waals surface area contributed by atoms with E-state index in [1.165, 1.54) is 6.07 Å². The fraction of sp³-hybridized carbons (Fsp3) is 0.143. The minimum atomic E-state index is -0.423. The molecule has 0 bridgehead atoms. The van der Waals surface area contributed by atoms with Gasteiger partial charge < -0.3 is 0 Å². The summed E-state index contributed by atoms with van der Waals surface area (Å²) < 4.78 is 27.8. The second-order valence-electron chi connectivity index (χ2n) is 3.88. The van der Waals surface area contributed by atoms with Crippen LogP contribution in [0, 0.1) is 12.7 Å². The van der Waals surface area contributed by atoms with Gasteiger partial charge in [-0.3, -0.25) is 0 Å². The van der Waals surface area contributed by atoms with Crippen molar-refractivity contribution in [2.45, 2.75) is 13.6 Å². The Labute approximate surface area is 150 Å². The normalized spacial score (nSPS) is 9.95. The molecule has 2 aromatic carbocycles. The van der Waals surface area contributed by atoms with Gasteiger partial charge in [0.2, 0.25) is 0 Å². The number of aryl methyl sites for hydroxylation is 1. The predicted octanol–water partition coefficient (Wildman–Crippen LogP) is 7.34. The summed E-state index contributed by atoms with van der Waals surface area (Å²) in [4.78, 5) is 0. The van der Waals surface area contributed by atoms with Crippen molar-refractivity contribution in [3.8, 4) is 0 Å². The second-order valence-corrected chi connectivity index (χ2v) is 7.36. The molecule has 2 rings (SSSR count). The summed E-state index contributed by atoms with van der Waals surface area (Å²) in [5.41, 5.74) is 1.71. The quantitative estimate of drug-likeness (QED) is 0.335. The third kappa shape index (κ3) is 5.54. The van der Waals surface area contributed by atoms with Gasteiger partial charge in [-0.2, -0.15) is 0 Å². The van der Waals surface area contributed by atoms with E-state index in [9.17, 15) is 8.78 Å². The van der Waals surface area contributed by atoms with E-state index in [4.69, 9.17) is 0 Å². The van der Waals surface area contributed by atoms with Gasteiger partial charge in [0, 0.05) is 13.4 Å². The summed E-state index contributed by atoms with van der Waals surface area (Å²) in [5, 5.41) is 0. The Morgan fingerprint density at radius 1 is 0.900 bits per heavy atom. The maximum Gasteiger partial charge on any atom is 0.138 e. The highest BCUT2D eigenvalue weighted by Crippen LogP contribution is 2.24. The molecule has 0 saturated heterocycles. The molecular formula is C14H10Br4F2. The molecule has 0 heterocycles. The summed E-state index contributed by atoms with van der Waals surface area (Å²) >= 11 is 12.8. The van der Waals surface area contributed by atoms with Crippen molar-refractivity contribution in [1.29, 1.82) is 0 Å². The first-order chi connectivity index (χ1) is 9.35.